The Morgan fingerprint density at radius 2 is 2.32 bits per heavy atom. The molecule has 1 fully saturated rings. The Balaban J connectivity index is 2.02. The molecule has 0 aromatic carbocycles. The lowest BCUT2D eigenvalue weighted by Crippen LogP contribution is -2.32. The summed E-state index contributed by atoms with van der Waals surface area (Å²) in [5.74, 6) is -1.49. The van der Waals surface area contributed by atoms with E-state index in [1.54, 1.807) is 16.9 Å². The van der Waals surface area contributed by atoms with E-state index in [0.717, 1.165) is 6.42 Å². The average Bonchev–Trinajstić information content (AvgIpc) is 2.88. The van der Waals surface area contributed by atoms with Gasteiger partial charge in [0.05, 0.1) is 17.7 Å². The molecule has 1 aromatic rings. The second kappa shape index (κ2) is 6.89. The number of carboxylic acids is 1. The van der Waals surface area contributed by atoms with Crippen molar-refractivity contribution in [2.24, 2.45) is 5.92 Å². The van der Waals surface area contributed by atoms with E-state index in [4.69, 9.17) is 10.4 Å². The Morgan fingerprint density at radius 1 is 1.59 bits per heavy atom. The number of aliphatic carboxylic acids is 1. The van der Waals surface area contributed by atoms with E-state index in [9.17, 15) is 9.59 Å². The first-order chi connectivity index (χ1) is 10.5. The monoisotopic (exact) mass is 302 g/mol. The van der Waals surface area contributed by atoms with Crippen LogP contribution in [-0.2, 0) is 9.59 Å². The lowest BCUT2D eigenvalue weighted by atomic mass is 9.80. The van der Waals surface area contributed by atoms with Gasteiger partial charge in [-0.15, -0.1) is 0 Å². The maximum atomic E-state index is 11.8. The molecular weight excluding hydrogens is 284 g/mol. The van der Waals surface area contributed by atoms with Crippen LogP contribution in [0, 0.1) is 17.2 Å². The second-order valence-corrected chi connectivity index (χ2v) is 5.31. The van der Waals surface area contributed by atoms with Crippen molar-refractivity contribution in [1.82, 2.24) is 15.1 Å². The lowest BCUT2D eigenvalue weighted by Gasteiger charge is -2.32. The van der Waals surface area contributed by atoms with Crippen LogP contribution in [0.1, 0.15) is 37.9 Å². The van der Waals surface area contributed by atoms with Gasteiger partial charge >= 0.3 is 5.97 Å². The van der Waals surface area contributed by atoms with Gasteiger partial charge < -0.3 is 10.4 Å². The quantitative estimate of drug-likeness (QED) is 0.609. The minimum atomic E-state index is -0.775. The molecule has 0 spiro atoms. The molecule has 7 heteroatoms. The number of carboxylic acid groups (broad SMARTS) is 1. The van der Waals surface area contributed by atoms with E-state index in [1.807, 2.05) is 13.0 Å². The van der Waals surface area contributed by atoms with Crippen LogP contribution in [0.4, 0.5) is 0 Å². The number of nitrogens with zero attached hydrogens (tertiary/aromatic N) is 3. The first-order valence-corrected chi connectivity index (χ1v) is 7.23. The maximum Gasteiger partial charge on any atom is 0.306 e. The lowest BCUT2D eigenvalue weighted by molar-refractivity contribution is -0.146. The van der Waals surface area contributed by atoms with Crippen LogP contribution in [0.3, 0.4) is 0 Å². The minimum Gasteiger partial charge on any atom is -0.481 e. The van der Waals surface area contributed by atoms with Crippen molar-refractivity contribution in [3.8, 4) is 6.07 Å². The zero-order valence-electron chi connectivity index (χ0n) is 12.3. The molecule has 0 unspecified atom stereocenters. The summed E-state index contributed by atoms with van der Waals surface area (Å²) in [5, 5.41) is 24.9. The maximum absolute atomic E-state index is 11.8. The van der Waals surface area contributed by atoms with E-state index >= 15 is 0 Å². The molecular formula is C15H18N4O3. The molecule has 7 nitrogen and oxygen atoms in total. The van der Waals surface area contributed by atoms with E-state index in [1.165, 1.54) is 6.08 Å². The van der Waals surface area contributed by atoms with Crippen LogP contribution in [0.2, 0.25) is 0 Å². The molecule has 2 rings (SSSR count). The topological polar surface area (TPSA) is 108 Å². The normalized spacial score (nSPS) is 20.8. The van der Waals surface area contributed by atoms with Crippen LogP contribution in [0.25, 0.3) is 6.08 Å². The molecule has 0 bridgehead atoms. The first kappa shape index (κ1) is 15.8. The number of carbonyl (C=O) groups excluding carboxylic acids is 1. The van der Waals surface area contributed by atoms with Gasteiger partial charge in [0, 0.05) is 12.7 Å². The van der Waals surface area contributed by atoms with Crippen LogP contribution in [0.5, 0.6) is 0 Å². The summed E-state index contributed by atoms with van der Waals surface area (Å²) in [6, 6.07) is 3.65. The fraction of sp³-hybridized carbons (Fsp3) is 0.467. The molecule has 0 saturated heterocycles. The third-order valence-electron chi connectivity index (χ3n) is 3.66. The van der Waals surface area contributed by atoms with Gasteiger partial charge in [-0.3, -0.25) is 14.3 Å². The number of amides is 1. The molecule has 1 aromatic heterocycles. The summed E-state index contributed by atoms with van der Waals surface area (Å²) in [5.41, 5.74) is 0.526. The summed E-state index contributed by atoms with van der Waals surface area (Å²) in [7, 11) is 0. The Labute approximate surface area is 128 Å². The van der Waals surface area contributed by atoms with Crippen LogP contribution in [-0.4, -0.2) is 33.3 Å². The van der Waals surface area contributed by atoms with Gasteiger partial charge in [0.15, 0.2) is 0 Å². The van der Waals surface area contributed by atoms with Crippen molar-refractivity contribution >= 4 is 18.0 Å². The Morgan fingerprint density at radius 3 is 2.91 bits per heavy atom. The third-order valence-corrected chi connectivity index (χ3v) is 3.66. The summed E-state index contributed by atoms with van der Waals surface area (Å²) in [6.45, 7) is 2.45. The van der Waals surface area contributed by atoms with Crippen LogP contribution < -0.4 is 5.32 Å². The number of nitriles is 1. The number of hydrogen-bond acceptors (Lipinski definition) is 4. The number of rotatable bonds is 6. The predicted molar refractivity (Wildman–Crippen MR) is 78.5 cm³/mol. The predicted octanol–water partition coefficient (Wildman–Crippen LogP) is 1.35. The minimum absolute atomic E-state index is 0.00993. The SMILES string of the molecule is CCCNC(=O)/C(C#N)=C/c1ccn(C2CC(C(=O)O)C2)n1. The van der Waals surface area contributed by atoms with Gasteiger partial charge in [-0.05, 0) is 31.4 Å². The van der Waals surface area contributed by atoms with Gasteiger partial charge in [-0.25, -0.2) is 0 Å². The highest BCUT2D eigenvalue weighted by Crippen LogP contribution is 2.37. The van der Waals surface area contributed by atoms with Crippen molar-refractivity contribution < 1.29 is 14.7 Å². The molecule has 0 aliphatic heterocycles. The Kier molecular flexibility index (Phi) is 4.94. The van der Waals surface area contributed by atoms with E-state index < -0.39 is 11.9 Å². The summed E-state index contributed by atoms with van der Waals surface area (Å²) < 4.78 is 1.70. The van der Waals surface area contributed by atoms with Crippen molar-refractivity contribution in [3.63, 3.8) is 0 Å². The highest BCUT2D eigenvalue weighted by atomic mass is 16.4. The Hall–Kier alpha value is -2.62. The zero-order chi connectivity index (χ0) is 16.1. The summed E-state index contributed by atoms with van der Waals surface area (Å²) in [4.78, 5) is 22.6. The highest BCUT2D eigenvalue weighted by molar-refractivity contribution is 6.01. The van der Waals surface area contributed by atoms with Crippen molar-refractivity contribution in [2.75, 3.05) is 6.54 Å². The molecule has 1 saturated carbocycles. The van der Waals surface area contributed by atoms with Crippen molar-refractivity contribution in [3.05, 3.63) is 23.5 Å². The van der Waals surface area contributed by atoms with E-state index in [0.29, 0.717) is 25.1 Å². The fourth-order valence-electron chi connectivity index (χ4n) is 2.27. The van der Waals surface area contributed by atoms with Crippen LogP contribution >= 0.6 is 0 Å². The number of aromatic nitrogens is 2. The summed E-state index contributed by atoms with van der Waals surface area (Å²) >= 11 is 0. The number of hydrogen-bond donors (Lipinski definition) is 2. The summed E-state index contributed by atoms with van der Waals surface area (Å²) in [6.07, 6.45) is 5.10. The number of carbonyl (C=O) groups is 2. The number of nitrogens with one attached hydrogen (secondary N) is 1. The average molecular weight is 302 g/mol. The molecule has 116 valence electrons. The second-order valence-electron chi connectivity index (χ2n) is 5.31. The molecule has 0 radical (unpaired) electrons. The zero-order valence-corrected chi connectivity index (χ0v) is 12.3. The molecule has 1 aliphatic rings. The van der Waals surface area contributed by atoms with E-state index in [2.05, 4.69) is 10.4 Å². The molecule has 0 atom stereocenters. The van der Waals surface area contributed by atoms with Crippen LogP contribution in [0.15, 0.2) is 17.8 Å². The standard InChI is InChI=1S/C15H18N4O3/c1-2-4-17-14(20)11(9-16)6-12-3-5-19(18-12)13-7-10(8-13)15(21)22/h3,5-6,10,13H,2,4,7-8H2,1H3,(H,17,20)(H,21,22)/b11-6+. The molecule has 2 N–H and O–H groups in total. The van der Waals surface area contributed by atoms with Gasteiger partial charge in [0.1, 0.15) is 11.6 Å². The fourth-order valence-corrected chi connectivity index (χ4v) is 2.27. The van der Waals surface area contributed by atoms with Gasteiger partial charge in [0.25, 0.3) is 5.91 Å². The Bertz CT molecular complexity index is 635. The molecule has 1 aliphatic carbocycles. The molecule has 1 heterocycles. The van der Waals surface area contributed by atoms with Crippen molar-refractivity contribution in [2.45, 2.75) is 32.2 Å². The third kappa shape index (κ3) is 3.52. The van der Waals surface area contributed by atoms with Crippen molar-refractivity contribution in [1.29, 1.82) is 5.26 Å². The van der Waals surface area contributed by atoms with E-state index in [-0.39, 0.29) is 17.5 Å². The largest absolute Gasteiger partial charge is 0.481 e. The molecule has 22 heavy (non-hydrogen) atoms. The van der Waals surface area contributed by atoms with Gasteiger partial charge in [-0.1, -0.05) is 6.92 Å². The smallest absolute Gasteiger partial charge is 0.306 e. The first-order valence-electron chi connectivity index (χ1n) is 7.23. The highest BCUT2D eigenvalue weighted by Gasteiger charge is 2.35. The van der Waals surface area contributed by atoms with Gasteiger partial charge in [-0.2, -0.15) is 10.4 Å². The molecule has 1 amide bonds. The van der Waals surface area contributed by atoms with Gasteiger partial charge in [0.2, 0.25) is 0 Å².